The van der Waals surface area contributed by atoms with E-state index < -0.39 is 0 Å². The Bertz CT molecular complexity index is 260. The molecule has 1 rings (SSSR count). The molecule has 0 saturated carbocycles. The lowest BCUT2D eigenvalue weighted by molar-refractivity contribution is 0.460. The van der Waals surface area contributed by atoms with E-state index >= 15 is 0 Å². The van der Waals surface area contributed by atoms with E-state index in [2.05, 4.69) is 20.9 Å². The summed E-state index contributed by atoms with van der Waals surface area (Å²) in [6.07, 6.45) is 3.27. The summed E-state index contributed by atoms with van der Waals surface area (Å²) in [5, 5.41) is 9.48. The van der Waals surface area contributed by atoms with E-state index in [1.165, 1.54) is 0 Å². The number of hydrogen-bond donors (Lipinski definition) is 1. The summed E-state index contributed by atoms with van der Waals surface area (Å²) in [4.78, 5) is 3.96. The van der Waals surface area contributed by atoms with Crippen LogP contribution in [0.4, 0.5) is 0 Å². The molecule has 0 bridgehead atoms. The molecule has 0 amide bonds. The second kappa shape index (κ2) is 3.22. The summed E-state index contributed by atoms with van der Waals surface area (Å²) in [6, 6.07) is 0. The van der Waals surface area contributed by atoms with E-state index in [9.17, 15) is 5.11 Å². The van der Waals surface area contributed by atoms with Crippen LogP contribution in [0.1, 0.15) is 25.3 Å². The van der Waals surface area contributed by atoms with Crippen LogP contribution in [0, 0.1) is 0 Å². The molecule has 11 heavy (non-hydrogen) atoms. The fourth-order valence-corrected chi connectivity index (χ4v) is 1.21. The van der Waals surface area contributed by atoms with Gasteiger partial charge in [-0.05, 0) is 21.8 Å². The Morgan fingerprint density at radius 1 is 1.45 bits per heavy atom. The van der Waals surface area contributed by atoms with Gasteiger partial charge < -0.3 is 5.11 Å². The van der Waals surface area contributed by atoms with Crippen molar-refractivity contribution >= 4 is 15.9 Å². The minimum absolute atomic E-state index is 0.301. The van der Waals surface area contributed by atoms with Crippen LogP contribution in [0.25, 0.3) is 0 Å². The van der Waals surface area contributed by atoms with Gasteiger partial charge in [-0.3, -0.25) is 4.98 Å². The molecule has 0 atom stereocenters. The average molecular weight is 216 g/mol. The highest BCUT2D eigenvalue weighted by atomic mass is 79.9. The smallest absolute Gasteiger partial charge is 0.136 e. The number of rotatable bonds is 1. The maximum atomic E-state index is 9.48. The van der Waals surface area contributed by atoms with Crippen LogP contribution in [0.5, 0.6) is 5.75 Å². The summed E-state index contributed by atoms with van der Waals surface area (Å²) in [6.45, 7) is 4.03. The lowest BCUT2D eigenvalue weighted by Crippen LogP contribution is -1.89. The second-order valence-electron chi connectivity index (χ2n) is 2.71. The molecule has 60 valence electrons. The zero-order valence-electron chi connectivity index (χ0n) is 6.50. The molecule has 0 spiro atoms. The van der Waals surface area contributed by atoms with Crippen molar-refractivity contribution in [3.8, 4) is 5.75 Å². The molecule has 0 saturated heterocycles. The lowest BCUT2D eigenvalue weighted by atomic mass is 10.1. The molecule has 0 aliphatic rings. The van der Waals surface area contributed by atoms with E-state index in [4.69, 9.17) is 0 Å². The quantitative estimate of drug-likeness (QED) is 0.782. The number of nitrogens with zero attached hydrogens (tertiary/aromatic N) is 1. The summed E-state index contributed by atoms with van der Waals surface area (Å²) in [7, 11) is 0. The average Bonchev–Trinajstić information content (AvgIpc) is 1.94. The van der Waals surface area contributed by atoms with E-state index in [1.54, 1.807) is 12.4 Å². The lowest BCUT2D eigenvalue weighted by Gasteiger charge is -2.07. The zero-order chi connectivity index (χ0) is 8.43. The Balaban J connectivity index is 3.17. The van der Waals surface area contributed by atoms with E-state index in [0.717, 1.165) is 5.56 Å². The monoisotopic (exact) mass is 215 g/mol. The number of aromatic nitrogens is 1. The van der Waals surface area contributed by atoms with Crippen LogP contribution in [0.3, 0.4) is 0 Å². The van der Waals surface area contributed by atoms with Crippen LogP contribution in [-0.2, 0) is 0 Å². The molecule has 0 fully saturated rings. The van der Waals surface area contributed by atoms with Gasteiger partial charge >= 0.3 is 0 Å². The molecule has 1 heterocycles. The topological polar surface area (TPSA) is 33.1 Å². The predicted octanol–water partition coefficient (Wildman–Crippen LogP) is 2.67. The Labute approximate surface area is 74.4 Å². The molecule has 1 aromatic rings. The van der Waals surface area contributed by atoms with E-state index in [-0.39, 0.29) is 0 Å². The van der Waals surface area contributed by atoms with Gasteiger partial charge in [-0.25, -0.2) is 0 Å². The molecular formula is C8H10BrNO. The minimum Gasteiger partial charge on any atom is -0.506 e. The van der Waals surface area contributed by atoms with Gasteiger partial charge in [0.05, 0.1) is 4.47 Å². The third-order valence-corrected chi connectivity index (χ3v) is 2.10. The van der Waals surface area contributed by atoms with Crippen molar-refractivity contribution in [2.45, 2.75) is 19.8 Å². The van der Waals surface area contributed by atoms with Crippen molar-refractivity contribution in [2.75, 3.05) is 0 Å². The Morgan fingerprint density at radius 2 is 2.09 bits per heavy atom. The van der Waals surface area contributed by atoms with Gasteiger partial charge in [-0.2, -0.15) is 0 Å². The van der Waals surface area contributed by atoms with Gasteiger partial charge in [0.25, 0.3) is 0 Å². The number of pyridine rings is 1. The van der Waals surface area contributed by atoms with Gasteiger partial charge in [0.2, 0.25) is 0 Å². The Morgan fingerprint density at radius 3 is 2.55 bits per heavy atom. The molecule has 0 aromatic carbocycles. The van der Waals surface area contributed by atoms with Crippen LogP contribution in [-0.4, -0.2) is 10.1 Å². The number of aromatic hydroxyl groups is 1. The molecule has 0 aliphatic heterocycles. The molecule has 0 radical (unpaired) electrons. The maximum Gasteiger partial charge on any atom is 0.136 e. The molecule has 0 unspecified atom stereocenters. The molecular weight excluding hydrogens is 206 g/mol. The fraction of sp³-hybridized carbons (Fsp3) is 0.375. The SMILES string of the molecule is CC(C)c1cncc(Br)c1O. The van der Waals surface area contributed by atoms with Crippen molar-refractivity contribution in [3.63, 3.8) is 0 Å². The van der Waals surface area contributed by atoms with E-state index in [0.29, 0.717) is 16.1 Å². The molecule has 1 N–H and O–H groups in total. The number of halogens is 1. The van der Waals surface area contributed by atoms with Crippen molar-refractivity contribution in [3.05, 3.63) is 22.4 Å². The molecule has 0 aliphatic carbocycles. The highest BCUT2D eigenvalue weighted by Gasteiger charge is 2.07. The van der Waals surface area contributed by atoms with Crippen LogP contribution < -0.4 is 0 Å². The first-order valence-electron chi connectivity index (χ1n) is 3.45. The summed E-state index contributed by atoms with van der Waals surface area (Å²) in [5.74, 6) is 0.606. The maximum absolute atomic E-state index is 9.48. The van der Waals surface area contributed by atoms with E-state index in [1.807, 2.05) is 13.8 Å². The minimum atomic E-state index is 0.301. The molecule has 3 heteroatoms. The Hall–Kier alpha value is -0.570. The Kier molecular flexibility index (Phi) is 2.49. The highest BCUT2D eigenvalue weighted by molar-refractivity contribution is 9.10. The standard InChI is InChI=1S/C8H10BrNO/c1-5(2)6-3-10-4-7(9)8(6)11/h3-5H,1-2H3,(H,10,11). The van der Waals surface area contributed by atoms with Crippen molar-refractivity contribution in [1.82, 2.24) is 4.98 Å². The highest BCUT2D eigenvalue weighted by Crippen LogP contribution is 2.30. The zero-order valence-corrected chi connectivity index (χ0v) is 8.09. The third-order valence-electron chi connectivity index (χ3n) is 1.52. The van der Waals surface area contributed by atoms with Crippen molar-refractivity contribution in [2.24, 2.45) is 0 Å². The second-order valence-corrected chi connectivity index (χ2v) is 3.57. The van der Waals surface area contributed by atoms with Crippen LogP contribution in [0.2, 0.25) is 0 Å². The van der Waals surface area contributed by atoms with Gasteiger partial charge in [0.15, 0.2) is 0 Å². The number of hydrogen-bond acceptors (Lipinski definition) is 2. The normalized spacial score (nSPS) is 10.5. The first kappa shape index (κ1) is 8.53. The predicted molar refractivity (Wildman–Crippen MR) is 47.7 cm³/mol. The fourth-order valence-electron chi connectivity index (χ4n) is 0.866. The van der Waals surface area contributed by atoms with Crippen molar-refractivity contribution < 1.29 is 5.11 Å². The summed E-state index contributed by atoms with van der Waals surface area (Å²) < 4.78 is 0.656. The largest absolute Gasteiger partial charge is 0.506 e. The van der Waals surface area contributed by atoms with Crippen molar-refractivity contribution in [1.29, 1.82) is 0 Å². The van der Waals surface area contributed by atoms with Crippen LogP contribution >= 0.6 is 15.9 Å². The first-order valence-corrected chi connectivity index (χ1v) is 4.24. The summed E-state index contributed by atoms with van der Waals surface area (Å²) >= 11 is 3.20. The summed E-state index contributed by atoms with van der Waals surface area (Å²) in [5.41, 5.74) is 0.874. The van der Waals surface area contributed by atoms with Gasteiger partial charge in [-0.15, -0.1) is 0 Å². The van der Waals surface area contributed by atoms with Gasteiger partial charge in [-0.1, -0.05) is 13.8 Å². The van der Waals surface area contributed by atoms with Crippen LogP contribution in [0.15, 0.2) is 16.9 Å². The van der Waals surface area contributed by atoms with Gasteiger partial charge in [0.1, 0.15) is 5.75 Å². The first-order chi connectivity index (χ1) is 5.13. The van der Waals surface area contributed by atoms with Gasteiger partial charge in [0, 0.05) is 18.0 Å². The molecule has 1 aromatic heterocycles. The molecule has 2 nitrogen and oxygen atoms in total. The third kappa shape index (κ3) is 1.71.